The van der Waals surface area contributed by atoms with Crippen molar-refractivity contribution in [2.24, 2.45) is 5.92 Å². The first-order valence-corrected chi connectivity index (χ1v) is 13.9. The second-order valence-corrected chi connectivity index (χ2v) is 10.8. The second-order valence-electron chi connectivity index (χ2n) is 10.8. The maximum absolute atomic E-state index is 12.9. The van der Waals surface area contributed by atoms with Gasteiger partial charge in [0.25, 0.3) is 0 Å². The van der Waals surface area contributed by atoms with Crippen LogP contribution < -0.4 is 14.2 Å². The Morgan fingerprint density at radius 1 is 0.864 bits per heavy atom. The van der Waals surface area contributed by atoms with E-state index in [2.05, 4.69) is 0 Å². The van der Waals surface area contributed by atoms with Gasteiger partial charge < -0.3 is 64.5 Å². The number of hydrogen-bond donors (Lipinski definition) is 8. The van der Waals surface area contributed by atoms with Gasteiger partial charge in [-0.25, -0.2) is 0 Å². The fraction of sp³-hybridized carbons (Fsp3) is 0.500. The second kappa shape index (κ2) is 14.1. The van der Waals surface area contributed by atoms with Gasteiger partial charge in [-0.2, -0.15) is 0 Å². The van der Waals surface area contributed by atoms with Crippen molar-refractivity contribution in [1.29, 1.82) is 0 Å². The summed E-state index contributed by atoms with van der Waals surface area (Å²) in [5.41, 5.74) is 0.285. The normalized spacial score (nSPS) is 32.4. The summed E-state index contributed by atoms with van der Waals surface area (Å²) >= 11 is 0. The minimum Gasteiger partial charge on any atom is -0.507 e. The Morgan fingerprint density at radius 2 is 1.55 bits per heavy atom. The van der Waals surface area contributed by atoms with Crippen molar-refractivity contribution in [2.45, 2.75) is 68.5 Å². The third kappa shape index (κ3) is 7.08. The van der Waals surface area contributed by atoms with Gasteiger partial charge in [-0.05, 0) is 36.1 Å². The molecule has 0 radical (unpaired) electrons. The van der Waals surface area contributed by atoms with Gasteiger partial charge in [-0.15, -0.1) is 0 Å². The van der Waals surface area contributed by atoms with Crippen molar-refractivity contribution >= 4 is 11.9 Å². The molecule has 14 nitrogen and oxygen atoms in total. The van der Waals surface area contributed by atoms with Crippen LogP contribution in [-0.4, -0.2) is 123 Å². The quantitative estimate of drug-likeness (QED) is 0.126. The van der Waals surface area contributed by atoms with E-state index in [4.69, 9.17) is 23.7 Å². The molecule has 0 aromatic heterocycles. The molecule has 0 unspecified atom stereocenters. The van der Waals surface area contributed by atoms with Gasteiger partial charge in [0.15, 0.2) is 17.3 Å². The topological polar surface area (TPSA) is 225 Å². The van der Waals surface area contributed by atoms with E-state index in [1.54, 1.807) is 13.0 Å². The number of aromatic hydroxyl groups is 2. The summed E-state index contributed by atoms with van der Waals surface area (Å²) in [6.07, 6.45) is -9.99. The number of phenolic OH excluding ortho intramolecular Hbond substituents is 2. The van der Waals surface area contributed by atoms with Crippen LogP contribution in [-0.2, 0) is 9.47 Å². The van der Waals surface area contributed by atoms with Crippen LogP contribution >= 0.6 is 0 Å². The molecule has 44 heavy (non-hydrogen) atoms. The molecule has 0 bridgehead atoms. The number of allylic oxidation sites excluding steroid dienone is 1. The Kier molecular flexibility index (Phi) is 10.7. The summed E-state index contributed by atoms with van der Waals surface area (Å²) < 4.78 is 27.3. The van der Waals surface area contributed by atoms with E-state index in [-0.39, 0.29) is 47.5 Å². The third-order valence-corrected chi connectivity index (χ3v) is 7.81. The van der Waals surface area contributed by atoms with Crippen LogP contribution in [0.5, 0.6) is 28.7 Å². The molecule has 1 heterocycles. The zero-order valence-electron chi connectivity index (χ0n) is 24.3. The molecule has 2 aliphatic rings. The number of ketones is 1. The van der Waals surface area contributed by atoms with Crippen molar-refractivity contribution in [1.82, 2.24) is 0 Å². The number of phenols is 2. The van der Waals surface area contributed by atoms with E-state index < -0.39 is 66.7 Å². The highest BCUT2D eigenvalue weighted by Gasteiger charge is 2.47. The lowest BCUT2D eigenvalue weighted by Gasteiger charge is -2.42. The molecule has 1 saturated heterocycles. The van der Waals surface area contributed by atoms with Crippen molar-refractivity contribution in [2.75, 3.05) is 20.8 Å². The van der Waals surface area contributed by atoms with Gasteiger partial charge in [-0.3, -0.25) is 4.79 Å². The summed E-state index contributed by atoms with van der Waals surface area (Å²) in [5.74, 6) is -1.61. The number of carbonyl (C=O) groups is 1. The van der Waals surface area contributed by atoms with Crippen LogP contribution in [0.1, 0.15) is 29.3 Å². The Balaban J connectivity index is 1.46. The van der Waals surface area contributed by atoms with Gasteiger partial charge in [0.2, 0.25) is 6.29 Å². The van der Waals surface area contributed by atoms with Crippen LogP contribution in [0.3, 0.4) is 0 Å². The number of benzene rings is 2. The molecule has 4 rings (SSSR count). The zero-order chi connectivity index (χ0) is 32.3. The zero-order valence-corrected chi connectivity index (χ0v) is 24.3. The average Bonchev–Trinajstić information content (AvgIpc) is 3.00. The van der Waals surface area contributed by atoms with Gasteiger partial charge in [0.1, 0.15) is 59.4 Å². The smallest absolute Gasteiger partial charge is 0.229 e. The van der Waals surface area contributed by atoms with Crippen LogP contribution in [0.15, 0.2) is 36.4 Å². The molecule has 0 spiro atoms. The molecule has 0 amide bonds. The Hall–Kier alpha value is -3.47. The first-order chi connectivity index (χ1) is 20.9. The van der Waals surface area contributed by atoms with Gasteiger partial charge in [0, 0.05) is 12.1 Å². The maximum Gasteiger partial charge on any atom is 0.229 e. The summed E-state index contributed by atoms with van der Waals surface area (Å²) in [4.78, 5) is 12.9. The number of ether oxygens (including phenoxy) is 5. The standard InChI is InChI=1S/C30H38O14/c1-13-8-21(25(35)27(37)24(13)34)42-12-22-26(36)28(38)29(39)30(44-22)43-15-10-18(33)23(20(11-15)41-3)16(31)6-4-14-5-7-19(40-2)17(32)9-14/h4-7,9-11,13,21-22,24-30,32-39H,8,12H2,1-3H3/b6-4+/t13-,21-,22-,24+,25+,26-,27-,28+,29-,30-/m1/s1. The fourth-order valence-corrected chi connectivity index (χ4v) is 5.19. The van der Waals surface area contributed by atoms with Crippen molar-refractivity contribution in [3.8, 4) is 28.7 Å². The van der Waals surface area contributed by atoms with Crippen LogP contribution in [0.25, 0.3) is 6.08 Å². The largest absolute Gasteiger partial charge is 0.507 e. The minimum absolute atomic E-state index is 0.0841. The van der Waals surface area contributed by atoms with Crippen molar-refractivity contribution in [3.63, 3.8) is 0 Å². The molecule has 14 heteroatoms. The number of methoxy groups -OCH3 is 2. The summed E-state index contributed by atoms with van der Waals surface area (Å²) in [6.45, 7) is 1.31. The summed E-state index contributed by atoms with van der Waals surface area (Å²) in [6, 6.07) is 6.86. The number of hydrogen-bond acceptors (Lipinski definition) is 14. The predicted molar refractivity (Wildman–Crippen MR) is 152 cm³/mol. The average molecular weight is 623 g/mol. The number of rotatable bonds is 10. The lowest BCUT2D eigenvalue weighted by atomic mass is 9.82. The predicted octanol–water partition coefficient (Wildman–Crippen LogP) is -0.295. The third-order valence-electron chi connectivity index (χ3n) is 7.81. The molecule has 8 N–H and O–H groups in total. The van der Waals surface area contributed by atoms with E-state index in [1.165, 1.54) is 44.6 Å². The molecular weight excluding hydrogens is 584 g/mol. The first-order valence-electron chi connectivity index (χ1n) is 13.9. The maximum atomic E-state index is 12.9. The number of carbonyl (C=O) groups excluding carboxylic acids is 1. The molecule has 10 atom stereocenters. The molecule has 2 fully saturated rings. The molecule has 1 aliphatic heterocycles. The summed E-state index contributed by atoms with van der Waals surface area (Å²) in [5, 5.41) is 82.4. The molecular formula is C30H38O14. The van der Waals surface area contributed by atoms with Gasteiger partial charge in [-0.1, -0.05) is 19.1 Å². The van der Waals surface area contributed by atoms with Crippen molar-refractivity contribution in [3.05, 3.63) is 47.5 Å². The lowest BCUT2D eigenvalue weighted by molar-refractivity contribution is -0.285. The van der Waals surface area contributed by atoms with E-state index >= 15 is 0 Å². The van der Waals surface area contributed by atoms with Crippen LogP contribution in [0.4, 0.5) is 0 Å². The SMILES string of the molecule is COc1ccc(/C=C/C(=O)c2c(O)cc(O[C@@H]3O[C@H](CO[C@@H]4C[C@@H](C)[C@H](O)[C@@H](O)[C@H]4O)[C@@H](O)[C@H](O)[C@H]3O)cc2OC)cc1O. The highest BCUT2D eigenvalue weighted by atomic mass is 16.7. The highest BCUT2D eigenvalue weighted by Crippen LogP contribution is 2.36. The lowest BCUT2D eigenvalue weighted by Crippen LogP contribution is -2.61. The Labute approximate surface area is 252 Å². The molecule has 2 aromatic carbocycles. The van der Waals surface area contributed by atoms with E-state index in [0.717, 1.165) is 6.07 Å². The molecule has 1 aliphatic carbocycles. The van der Waals surface area contributed by atoms with Gasteiger partial charge >= 0.3 is 0 Å². The monoisotopic (exact) mass is 622 g/mol. The minimum atomic E-state index is -1.74. The van der Waals surface area contributed by atoms with E-state index in [9.17, 15) is 45.6 Å². The number of aliphatic hydroxyl groups is 6. The van der Waals surface area contributed by atoms with Gasteiger partial charge in [0.05, 0.1) is 33.0 Å². The van der Waals surface area contributed by atoms with Crippen LogP contribution in [0.2, 0.25) is 0 Å². The Bertz CT molecular complexity index is 1330. The molecule has 242 valence electrons. The molecule has 2 aromatic rings. The number of aliphatic hydroxyl groups excluding tert-OH is 6. The highest BCUT2D eigenvalue weighted by molar-refractivity contribution is 6.10. The fourth-order valence-electron chi connectivity index (χ4n) is 5.19. The van der Waals surface area contributed by atoms with Crippen molar-refractivity contribution < 1.29 is 69.3 Å². The van der Waals surface area contributed by atoms with E-state index in [0.29, 0.717) is 5.56 Å². The summed E-state index contributed by atoms with van der Waals surface area (Å²) in [7, 11) is 2.66. The van der Waals surface area contributed by atoms with Crippen LogP contribution in [0, 0.1) is 5.92 Å². The molecule has 1 saturated carbocycles. The van der Waals surface area contributed by atoms with E-state index in [1.807, 2.05) is 0 Å². The first kappa shape index (κ1) is 33.4. The Morgan fingerprint density at radius 3 is 2.20 bits per heavy atom.